The van der Waals surface area contributed by atoms with E-state index in [2.05, 4.69) is 30.8 Å². The Morgan fingerprint density at radius 2 is 2.10 bits per heavy atom. The molecule has 0 spiro atoms. The summed E-state index contributed by atoms with van der Waals surface area (Å²) in [5.74, 6) is 0.466. The lowest BCUT2D eigenvalue weighted by molar-refractivity contribution is -0.143. The molecule has 0 bridgehead atoms. The highest BCUT2D eigenvalue weighted by molar-refractivity contribution is 5.69. The highest BCUT2D eigenvalue weighted by Crippen LogP contribution is 2.38. The van der Waals surface area contributed by atoms with Crippen LogP contribution in [-0.4, -0.2) is 23.8 Å². The van der Waals surface area contributed by atoms with E-state index in [-0.39, 0.29) is 24.6 Å². The molecule has 1 N–H and O–H groups in total. The lowest BCUT2D eigenvalue weighted by atomic mass is 9.75. The first kappa shape index (κ1) is 15.8. The van der Waals surface area contributed by atoms with Crippen molar-refractivity contribution in [3.05, 3.63) is 48.6 Å². The second-order valence-electron chi connectivity index (χ2n) is 5.76. The molecule has 21 heavy (non-hydrogen) atoms. The topological polar surface area (TPSA) is 46.5 Å². The van der Waals surface area contributed by atoms with Crippen molar-refractivity contribution in [3.8, 4) is 0 Å². The van der Waals surface area contributed by atoms with Crippen LogP contribution in [0, 0.1) is 5.92 Å². The highest BCUT2D eigenvalue weighted by atomic mass is 16.5. The van der Waals surface area contributed by atoms with Crippen LogP contribution in [0.25, 0.3) is 0 Å². The molecule has 1 aromatic rings. The van der Waals surface area contributed by atoms with E-state index in [0.29, 0.717) is 18.8 Å². The van der Waals surface area contributed by atoms with E-state index in [1.54, 1.807) is 6.08 Å². The summed E-state index contributed by atoms with van der Waals surface area (Å²) in [6.07, 6.45) is 5.11. The summed E-state index contributed by atoms with van der Waals surface area (Å²) in [6.45, 7) is 3.78. The zero-order valence-electron chi connectivity index (χ0n) is 12.4. The summed E-state index contributed by atoms with van der Waals surface area (Å²) in [5, 5.41) is 10.2. The monoisotopic (exact) mass is 288 g/mol. The number of rotatable bonds is 6. The van der Waals surface area contributed by atoms with Crippen molar-refractivity contribution in [2.75, 3.05) is 6.61 Å². The van der Waals surface area contributed by atoms with Crippen LogP contribution >= 0.6 is 0 Å². The predicted octanol–water partition coefficient (Wildman–Crippen LogP) is 3.44. The summed E-state index contributed by atoms with van der Waals surface area (Å²) in [6, 6.07) is 10.4. The predicted molar refractivity (Wildman–Crippen MR) is 82.9 cm³/mol. The zero-order chi connectivity index (χ0) is 15.1. The fourth-order valence-corrected chi connectivity index (χ4v) is 3.11. The Hall–Kier alpha value is -1.61. The van der Waals surface area contributed by atoms with Crippen molar-refractivity contribution in [2.45, 2.75) is 44.1 Å². The maximum Gasteiger partial charge on any atom is 0.306 e. The van der Waals surface area contributed by atoms with Gasteiger partial charge in [-0.05, 0) is 43.1 Å². The third-order valence-electron chi connectivity index (χ3n) is 4.29. The first-order valence-corrected chi connectivity index (χ1v) is 7.70. The van der Waals surface area contributed by atoms with Gasteiger partial charge in [0.15, 0.2) is 0 Å². The standard InChI is InChI=1S/C18H24O3/c1-2-12-21-18(20)11-9-16-13-15(8-10-17(16)19)14-6-4-3-5-7-14/h2-7,15-17,19H,1,8-13H2. The number of hydrogen-bond donors (Lipinski definition) is 1. The number of ether oxygens (including phenoxy) is 1. The van der Waals surface area contributed by atoms with Gasteiger partial charge in [0.1, 0.15) is 6.61 Å². The second kappa shape index (κ2) is 7.99. The Bertz CT molecular complexity index is 455. The summed E-state index contributed by atoms with van der Waals surface area (Å²) in [7, 11) is 0. The van der Waals surface area contributed by atoms with Crippen LogP contribution in [0.2, 0.25) is 0 Å². The lowest BCUT2D eigenvalue weighted by Crippen LogP contribution is -2.29. The van der Waals surface area contributed by atoms with Crippen LogP contribution in [0.4, 0.5) is 0 Å². The molecule has 1 fully saturated rings. The molecule has 1 aliphatic rings. The van der Waals surface area contributed by atoms with E-state index in [4.69, 9.17) is 4.74 Å². The molecule has 0 aromatic heterocycles. The van der Waals surface area contributed by atoms with Crippen LogP contribution < -0.4 is 0 Å². The molecular weight excluding hydrogens is 264 g/mol. The quantitative estimate of drug-likeness (QED) is 0.644. The minimum Gasteiger partial charge on any atom is -0.461 e. The lowest BCUT2D eigenvalue weighted by Gasteiger charge is -2.33. The second-order valence-corrected chi connectivity index (χ2v) is 5.76. The molecule has 1 aromatic carbocycles. The Balaban J connectivity index is 1.86. The molecule has 2 rings (SSSR count). The fourth-order valence-electron chi connectivity index (χ4n) is 3.11. The van der Waals surface area contributed by atoms with E-state index >= 15 is 0 Å². The van der Waals surface area contributed by atoms with E-state index in [9.17, 15) is 9.90 Å². The number of carbonyl (C=O) groups excluding carboxylic acids is 1. The first-order valence-electron chi connectivity index (χ1n) is 7.70. The maximum atomic E-state index is 11.6. The van der Waals surface area contributed by atoms with Crippen molar-refractivity contribution in [3.63, 3.8) is 0 Å². The first-order chi connectivity index (χ1) is 10.2. The molecule has 1 saturated carbocycles. The van der Waals surface area contributed by atoms with Crippen LogP contribution in [0.15, 0.2) is 43.0 Å². The number of carbonyl (C=O) groups is 1. The zero-order valence-corrected chi connectivity index (χ0v) is 12.4. The van der Waals surface area contributed by atoms with Crippen molar-refractivity contribution < 1.29 is 14.6 Å². The number of benzene rings is 1. The number of hydrogen-bond acceptors (Lipinski definition) is 3. The number of esters is 1. The molecule has 1 aliphatic carbocycles. The van der Waals surface area contributed by atoms with E-state index < -0.39 is 0 Å². The van der Waals surface area contributed by atoms with Crippen molar-refractivity contribution in [1.82, 2.24) is 0 Å². The average Bonchev–Trinajstić information content (AvgIpc) is 2.53. The van der Waals surface area contributed by atoms with Crippen molar-refractivity contribution in [2.24, 2.45) is 5.92 Å². The summed E-state index contributed by atoms with van der Waals surface area (Å²) >= 11 is 0. The van der Waals surface area contributed by atoms with Gasteiger partial charge in [0.2, 0.25) is 0 Å². The Morgan fingerprint density at radius 3 is 2.81 bits per heavy atom. The van der Waals surface area contributed by atoms with Crippen molar-refractivity contribution >= 4 is 5.97 Å². The Morgan fingerprint density at radius 1 is 1.33 bits per heavy atom. The van der Waals surface area contributed by atoms with E-state index in [1.165, 1.54) is 5.56 Å². The van der Waals surface area contributed by atoms with Gasteiger partial charge in [0.25, 0.3) is 0 Å². The van der Waals surface area contributed by atoms with Gasteiger partial charge >= 0.3 is 5.97 Å². The van der Waals surface area contributed by atoms with Gasteiger partial charge in [-0.2, -0.15) is 0 Å². The summed E-state index contributed by atoms with van der Waals surface area (Å²) in [4.78, 5) is 11.6. The third-order valence-corrected chi connectivity index (χ3v) is 4.29. The molecule has 0 amide bonds. The minimum absolute atomic E-state index is 0.181. The average molecular weight is 288 g/mol. The van der Waals surface area contributed by atoms with Gasteiger partial charge in [-0.1, -0.05) is 43.0 Å². The van der Waals surface area contributed by atoms with Gasteiger partial charge in [0.05, 0.1) is 6.10 Å². The SMILES string of the molecule is C=CCOC(=O)CCC1CC(c2ccccc2)CCC1O. The van der Waals surface area contributed by atoms with E-state index in [0.717, 1.165) is 19.3 Å². The van der Waals surface area contributed by atoms with E-state index in [1.807, 2.05) is 6.07 Å². The summed E-state index contributed by atoms with van der Waals surface area (Å²) < 4.78 is 4.99. The van der Waals surface area contributed by atoms with Crippen LogP contribution in [0.5, 0.6) is 0 Å². The molecule has 3 nitrogen and oxygen atoms in total. The molecule has 0 saturated heterocycles. The largest absolute Gasteiger partial charge is 0.461 e. The molecule has 0 radical (unpaired) electrons. The highest BCUT2D eigenvalue weighted by Gasteiger charge is 2.30. The smallest absolute Gasteiger partial charge is 0.306 e. The van der Waals surface area contributed by atoms with Gasteiger partial charge in [0, 0.05) is 6.42 Å². The van der Waals surface area contributed by atoms with Gasteiger partial charge in [-0.3, -0.25) is 4.79 Å². The molecule has 114 valence electrons. The molecular formula is C18H24O3. The molecule has 0 heterocycles. The molecule has 0 aliphatic heterocycles. The van der Waals surface area contributed by atoms with Crippen LogP contribution in [0.3, 0.4) is 0 Å². The minimum atomic E-state index is -0.294. The molecule has 3 unspecified atom stereocenters. The summed E-state index contributed by atoms with van der Waals surface area (Å²) in [5.41, 5.74) is 1.34. The normalized spacial score (nSPS) is 25.3. The van der Waals surface area contributed by atoms with Crippen molar-refractivity contribution in [1.29, 1.82) is 0 Å². The molecule has 3 heteroatoms. The molecule has 3 atom stereocenters. The number of aliphatic hydroxyl groups is 1. The maximum absolute atomic E-state index is 11.6. The van der Waals surface area contributed by atoms with Gasteiger partial charge in [-0.25, -0.2) is 0 Å². The van der Waals surface area contributed by atoms with Crippen LogP contribution in [-0.2, 0) is 9.53 Å². The fraction of sp³-hybridized carbons (Fsp3) is 0.500. The van der Waals surface area contributed by atoms with Crippen LogP contribution in [0.1, 0.15) is 43.6 Å². The Labute approximate surface area is 126 Å². The third kappa shape index (κ3) is 4.71. The number of aliphatic hydroxyl groups excluding tert-OH is 1. The van der Waals surface area contributed by atoms with Gasteiger partial charge < -0.3 is 9.84 Å². The Kier molecular flexibility index (Phi) is 6.00. The van der Waals surface area contributed by atoms with Gasteiger partial charge in [-0.15, -0.1) is 0 Å².